The zero-order valence-corrected chi connectivity index (χ0v) is 19.0. The molecule has 4 nitrogen and oxygen atoms in total. The predicted octanol–water partition coefficient (Wildman–Crippen LogP) is 6.22. The normalized spacial score (nSPS) is 15.3. The van der Waals surface area contributed by atoms with Gasteiger partial charge in [0.05, 0.1) is 50.6 Å². The van der Waals surface area contributed by atoms with Gasteiger partial charge in [-0.25, -0.2) is 9.13 Å². The van der Waals surface area contributed by atoms with Crippen LogP contribution in [0.1, 0.15) is 19.7 Å². The molecular formula is C21H19Cl4N4+. The fraction of sp³-hybridized carbons (Fsp3) is 0.286. The lowest BCUT2D eigenvalue weighted by Gasteiger charge is -2.22. The summed E-state index contributed by atoms with van der Waals surface area (Å²) in [7, 11) is 0. The van der Waals surface area contributed by atoms with E-state index in [0.29, 0.717) is 20.1 Å². The maximum absolute atomic E-state index is 6.35. The number of hydrogen-bond acceptors (Lipinski definition) is 2. The standard InChI is InChI=1S/C21H19Cl4N4/c1-3-26-16-7-12(22)14(24)9-18(16)28-5-6-29-19-10-15(25)13(23)8-17(19)27(4-2)21(29)11-20(26)28/h7-11H,3-6H2,1-2H3/q+1. The van der Waals surface area contributed by atoms with Crippen molar-refractivity contribution in [2.45, 2.75) is 26.9 Å². The van der Waals surface area contributed by atoms with Crippen molar-refractivity contribution in [2.75, 3.05) is 22.9 Å². The van der Waals surface area contributed by atoms with Gasteiger partial charge >= 0.3 is 0 Å². The summed E-state index contributed by atoms with van der Waals surface area (Å²) in [5.74, 6) is 2.25. The van der Waals surface area contributed by atoms with E-state index < -0.39 is 0 Å². The molecule has 29 heavy (non-hydrogen) atoms. The van der Waals surface area contributed by atoms with Crippen molar-refractivity contribution in [1.29, 1.82) is 0 Å². The monoisotopic (exact) mass is 467 g/mol. The molecule has 0 saturated heterocycles. The number of aryl methyl sites for hydroxylation is 1. The molecule has 0 saturated carbocycles. The zero-order valence-electron chi connectivity index (χ0n) is 16.0. The van der Waals surface area contributed by atoms with Gasteiger partial charge in [-0.15, -0.1) is 0 Å². The summed E-state index contributed by atoms with van der Waals surface area (Å²) in [4.78, 5) is 4.60. The highest BCUT2D eigenvalue weighted by molar-refractivity contribution is 6.43. The molecule has 1 aromatic heterocycles. The van der Waals surface area contributed by atoms with Crippen LogP contribution in [0.5, 0.6) is 0 Å². The Balaban J connectivity index is 1.76. The number of aromatic nitrogens is 2. The van der Waals surface area contributed by atoms with E-state index in [9.17, 15) is 0 Å². The summed E-state index contributed by atoms with van der Waals surface area (Å²) in [5.41, 5.74) is 4.36. The third kappa shape index (κ3) is 2.77. The molecule has 0 radical (unpaired) electrons. The number of hydrogen-bond donors (Lipinski definition) is 0. The van der Waals surface area contributed by atoms with Crippen molar-refractivity contribution in [3.05, 3.63) is 56.0 Å². The first-order chi connectivity index (χ1) is 13.9. The average Bonchev–Trinajstić information content (AvgIpc) is 3.03. The van der Waals surface area contributed by atoms with Gasteiger partial charge in [0, 0.05) is 18.7 Å². The van der Waals surface area contributed by atoms with E-state index >= 15 is 0 Å². The Morgan fingerprint density at radius 1 is 0.862 bits per heavy atom. The second kappa shape index (κ2) is 6.98. The molecule has 0 amide bonds. The number of imidazole rings is 1. The Hall–Kier alpha value is -1.59. The number of fused-ring (bicyclic) bond motifs is 6. The molecule has 2 aromatic carbocycles. The number of anilines is 2. The van der Waals surface area contributed by atoms with Gasteiger partial charge in [-0.1, -0.05) is 46.4 Å². The van der Waals surface area contributed by atoms with E-state index in [1.165, 1.54) is 0 Å². The zero-order chi connectivity index (χ0) is 20.4. The van der Waals surface area contributed by atoms with Crippen molar-refractivity contribution >= 4 is 74.9 Å². The third-order valence-corrected chi connectivity index (χ3v) is 7.19. The van der Waals surface area contributed by atoms with Crippen molar-refractivity contribution in [3.63, 3.8) is 0 Å². The first-order valence-electron chi connectivity index (χ1n) is 9.61. The molecule has 2 aliphatic rings. The van der Waals surface area contributed by atoms with Crippen molar-refractivity contribution in [1.82, 2.24) is 4.57 Å². The van der Waals surface area contributed by atoms with Crippen molar-refractivity contribution in [3.8, 4) is 0 Å². The summed E-state index contributed by atoms with van der Waals surface area (Å²) < 4.78 is 4.60. The Bertz CT molecular complexity index is 1200. The van der Waals surface area contributed by atoms with Gasteiger partial charge in [-0.2, -0.15) is 0 Å². The molecule has 3 aromatic rings. The average molecular weight is 469 g/mol. The predicted molar refractivity (Wildman–Crippen MR) is 123 cm³/mol. The first-order valence-corrected chi connectivity index (χ1v) is 11.1. The van der Waals surface area contributed by atoms with Crippen LogP contribution in [0.3, 0.4) is 0 Å². The van der Waals surface area contributed by atoms with E-state index in [1.54, 1.807) is 0 Å². The minimum Gasteiger partial charge on any atom is -0.326 e. The second-order valence-corrected chi connectivity index (χ2v) is 8.79. The van der Waals surface area contributed by atoms with Crippen LogP contribution in [0.4, 0.5) is 11.4 Å². The highest BCUT2D eigenvalue weighted by Gasteiger charge is 2.36. The van der Waals surface area contributed by atoms with Gasteiger partial charge in [-0.05, 0) is 26.0 Å². The van der Waals surface area contributed by atoms with Crippen LogP contribution >= 0.6 is 46.4 Å². The summed E-state index contributed by atoms with van der Waals surface area (Å²) in [6.45, 7) is 7.58. The van der Waals surface area contributed by atoms with Gasteiger partial charge in [0.25, 0.3) is 5.82 Å². The van der Waals surface area contributed by atoms with Crippen LogP contribution in [0, 0.1) is 0 Å². The summed E-state index contributed by atoms with van der Waals surface area (Å²) in [6, 6.07) is 7.85. The highest BCUT2D eigenvalue weighted by Crippen LogP contribution is 2.46. The van der Waals surface area contributed by atoms with E-state index in [2.05, 4.69) is 38.9 Å². The molecule has 0 bridgehead atoms. The smallest absolute Gasteiger partial charge is 0.286 e. The number of halogens is 4. The molecule has 0 N–H and O–H groups in total. The maximum atomic E-state index is 6.35. The first kappa shape index (κ1) is 19.4. The van der Waals surface area contributed by atoms with Crippen LogP contribution in [0.25, 0.3) is 17.1 Å². The molecule has 0 unspecified atom stereocenters. The fourth-order valence-corrected chi connectivity index (χ4v) is 5.09. The van der Waals surface area contributed by atoms with E-state index in [4.69, 9.17) is 46.4 Å². The topological polar surface area (TPSA) is 15.3 Å². The van der Waals surface area contributed by atoms with E-state index in [0.717, 1.165) is 60.2 Å². The van der Waals surface area contributed by atoms with Crippen molar-refractivity contribution < 1.29 is 4.57 Å². The van der Waals surface area contributed by atoms with Crippen LogP contribution in [-0.2, 0) is 13.1 Å². The maximum Gasteiger partial charge on any atom is 0.286 e. The lowest BCUT2D eigenvalue weighted by molar-refractivity contribution is -0.670. The summed E-state index contributed by atoms with van der Waals surface area (Å²) in [6.07, 6.45) is 2.24. The summed E-state index contributed by atoms with van der Waals surface area (Å²) >= 11 is 25.3. The Kier molecular flexibility index (Phi) is 4.67. The molecule has 3 heterocycles. The summed E-state index contributed by atoms with van der Waals surface area (Å²) in [5, 5.41) is 2.29. The number of rotatable bonds is 2. The molecule has 0 atom stereocenters. The van der Waals surface area contributed by atoms with Crippen LogP contribution in [0.15, 0.2) is 30.1 Å². The van der Waals surface area contributed by atoms with E-state index in [-0.39, 0.29) is 0 Å². The van der Waals surface area contributed by atoms with Gasteiger partial charge in [0.15, 0.2) is 11.0 Å². The minimum absolute atomic E-state index is 0.571. The molecule has 2 aliphatic heterocycles. The molecule has 150 valence electrons. The molecule has 0 fully saturated rings. The molecule has 5 rings (SSSR count). The minimum atomic E-state index is 0.571. The van der Waals surface area contributed by atoms with Gasteiger partial charge < -0.3 is 9.80 Å². The third-order valence-electron chi connectivity index (χ3n) is 5.74. The van der Waals surface area contributed by atoms with E-state index in [1.807, 2.05) is 24.3 Å². The lowest BCUT2D eigenvalue weighted by atomic mass is 10.2. The quantitative estimate of drug-likeness (QED) is 0.414. The molecular weight excluding hydrogens is 450 g/mol. The van der Waals surface area contributed by atoms with Crippen LogP contribution in [-0.4, -0.2) is 17.7 Å². The Labute approximate surface area is 189 Å². The second-order valence-electron chi connectivity index (χ2n) is 7.16. The molecule has 0 aliphatic carbocycles. The van der Waals surface area contributed by atoms with Crippen molar-refractivity contribution in [2.24, 2.45) is 0 Å². The Morgan fingerprint density at radius 3 is 2.21 bits per heavy atom. The molecule has 0 spiro atoms. The largest absolute Gasteiger partial charge is 0.326 e. The number of benzene rings is 2. The van der Waals surface area contributed by atoms with Crippen LogP contribution in [0.2, 0.25) is 20.1 Å². The Morgan fingerprint density at radius 2 is 1.52 bits per heavy atom. The lowest BCUT2D eigenvalue weighted by Crippen LogP contribution is -2.40. The molecule has 8 heteroatoms. The van der Waals surface area contributed by atoms with Gasteiger partial charge in [0.1, 0.15) is 12.4 Å². The number of nitrogens with zero attached hydrogens (tertiary/aromatic N) is 4. The van der Waals surface area contributed by atoms with Gasteiger partial charge in [0.2, 0.25) is 0 Å². The highest BCUT2D eigenvalue weighted by atomic mass is 35.5. The van der Waals surface area contributed by atoms with Crippen LogP contribution < -0.4 is 14.4 Å². The SMILES string of the molecule is CCN1C2=Cc3n(CC)c4cc(Cl)c(Cl)cc4[n+]3CCN2c2cc(Cl)c(Cl)cc21. The fourth-order valence-electron chi connectivity index (χ4n) is 4.46. The van der Waals surface area contributed by atoms with Gasteiger partial charge in [-0.3, -0.25) is 0 Å².